The van der Waals surface area contributed by atoms with Crippen molar-refractivity contribution in [1.29, 1.82) is 0 Å². The minimum atomic E-state index is -0.395. The number of benzene rings is 2. The number of rotatable bonds is 6. The zero-order chi connectivity index (χ0) is 16.2. The molecule has 118 valence electrons. The van der Waals surface area contributed by atoms with Gasteiger partial charge in [0.2, 0.25) is 0 Å². The molecular formula is C17H18N4O2. The van der Waals surface area contributed by atoms with Crippen LogP contribution >= 0.6 is 0 Å². The highest BCUT2D eigenvalue weighted by atomic mass is 16.6. The van der Waals surface area contributed by atoms with Crippen molar-refractivity contribution >= 4 is 22.4 Å². The molecule has 3 rings (SSSR count). The van der Waals surface area contributed by atoms with Crippen LogP contribution in [0, 0.1) is 10.1 Å². The van der Waals surface area contributed by atoms with E-state index in [0.29, 0.717) is 0 Å². The van der Waals surface area contributed by atoms with Crippen molar-refractivity contribution in [1.82, 2.24) is 9.55 Å². The molecule has 0 fully saturated rings. The Hall–Kier alpha value is -2.89. The van der Waals surface area contributed by atoms with Crippen molar-refractivity contribution in [3.8, 4) is 0 Å². The molecule has 0 spiro atoms. The SMILES string of the molecule is CCn1c(CCNc2ccc([N+](=O)[O-])cc2)nc2ccccc21. The molecule has 3 aromatic rings. The summed E-state index contributed by atoms with van der Waals surface area (Å²) in [5, 5.41) is 13.9. The number of nitro groups is 1. The Morgan fingerprint density at radius 3 is 2.61 bits per heavy atom. The number of fused-ring (bicyclic) bond motifs is 1. The van der Waals surface area contributed by atoms with Gasteiger partial charge >= 0.3 is 0 Å². The number of hydrogen-bond donors (Lipinski definition) is 1. The van der Waals surface area contributed by atoms with Gasteiger partial charge in [0.15, 0.2) is 0 Å². The molecule has 1 aromatic heterocycles. The first-order valence-electron chi connectivity index (χ1n) is 7.61. The van der Waals surface area contributed by atoms with Gasteiger partial charge in [0.25, 0.3) is 5.69 Å². The summed E-state index contributed by atoms with van der Waals surface area (Å²) >= 11 is 0. The first-order chi connectivity index (χ1) is 11.2. The van der Waals surface area contributed by atoms with Gasteiger partial charge in [-0.25, -0.2) is 4.98 Å². The number of anilines is 1. The van der Waals surface area contributed by atoms with E-state index in [1.165, 1.54) is 12.1 Å². The van der Waals surface area contributed by atoms with Crippen molar-refractivity contribution in [2.45, 2.75) is 19.9 Å². The third-order valence-corrected chi connectivity index (χ3v) is 3.81. The normalized spacial score (nSPS) is 10.8. The molecule has 0 bridgehead atoms. The van der Waals surface area contributed by atoms with E-state index < -0.39 is 4.92 Å². The molecule has 0 amide bonds. The fourth-order valence-corrected chi connectivity index (χ4v) is 2.69. The maximum Gasteiger partial charge on any atom is 0.269 e. The fourth-order valence-electron chi connectivity index (χ4n) is 2.69. The Morgan fingerprint density at radius 1 is 1.17 bits per heavy atom. The molecule has 2 aromatic carbocycles. The van der Waals surface area contributed by atoms with E-state index in [1.54, 1.807) is 12.1 Å². The van der Waals surface area contributed by atoms with Crippen LogP contribution in [0.25, 0.3) is 11.0 Å². The molecule has 0 aliphatic carbocycles. The van der Waals surface area contributed by atoms with E-state index >= 15 is 0 Å². The van der Waals surface area contributed by atoms with Gasteiger partial charge in [0.05, 0.1) is 16.0 Å². The molecule has 0 atom stereocenters. The minimum Gasteiger partial charge on any atom is -0.385 e. The van der Waals surface area contributed by atoms with Crippen molar-refractivity contribution < 1.29 is 4.92 Å². The van der Waals surface area contributed by atoms with E-state index in [0.717, 1.165) is 42.1 Å². The number of nitro benzene ring substituents is 1. The molecule has 0 aliphatic heterocycles. The smallest absolute Gasteiger partial charge is 0.269 e. The Labute approximate surface area is 133 Å². The molecule has 0 saturated heterocycles. The second-order valence-electron chi connectivity index (χ2n) is 5.24. The third-order valence-electron chi connectivity index (χ3n) is 3.81. The molecule has 0 aliphatic rings. The molecule has 6 nitrogen and oxygen atoms in total. The fraction of sp³-hybridized carbons (Fsp3) is 0.235. The van der Waals surface area contributed by atoms with Gasteiger partial charge in [-0.1, -0.05) is 12.1 Å². The number of hydrogen-bond acceptors (Lipinski definition) is 4. The van der Waals surface area contributed by atoms with Gasteiger partial charge < -0.3 is 9.88 Å². The summed E-state index contributed by atoms with van der Waals surface area (Å²) in [5.74, 6) is 1.04. The zero-order valence-electron chi connectivity index (χ0n) is 12.9. The quantitative estimate of drug-likeness (QED) is 0.557. The predicted molar refractivity (Wildman–Crippen MR) is 90.7 cm³/mol. The summed E-state index contributed by atoms with van der Waals surface area (Å²) in [6.45, 7) is 3.72. The van der Waals surface area contributed by atoms with Gasteiger partial charge in [-0.15, -0.1) is 0 Å². The van der Waals surface area contributed by atoms with Gasteiger partial charge in [-0.05, 0) is 31.2 Å². The molecule has 0 unspecified atom stereocenters. The van der Waals surface area contributed by atoms with Crippen LogP contribution in [0.2, 0.25) is 0 Å². The topological polar surface area (TPSA) is 73.0 Å². The van der Waals surface area contributed by atoms with Crippen LogP contribution in [0.3, 0.4) is 0 Å². The largest absolute Gasteiger partial charge is 0.385 e. The Balaban J connectivity index is 1.67. The second-order valence-corrected chi connectivity index (χ2v) is 5.24. The lowest BCUT2D eigenvalue weighted by Crippen LogP contribution is -2.10. The van der Waals surface area contributed by atoms with Crippen LogP contribution in [-0.2, 0) is 13.0 Å². The summed E-state index contributed by atoms with van der Waals surface area (Å²) in [6, 6.07) is 14.6. The van der Waals surface area contributed by atoms with E-state index in [9.17, 15) is 10.1 Å². The molecular weight excluding hydrogens is 292 g/mol. The van der Waals surface area contributed by atoms with E-state index in [2.05, 4.69) is 27.9 Å². The Morgan fingerprint density at radius 2 is 1.91 bits per heavy atom. The van der Waals surface area contributed by atoms with Crippen LogP contribution in [0.1, 0.15) is 12.7 Å². The maximum absolute atomic E-state index is 10.6. The molecule has 23 heavy (non-hydrogen) atoms. The van der Waals surface area contributed by atoms with Crippen LogP contribution in [0.15, 0.2) is 48.5 Å². The van der Waals surface area contributed by atoms with Crippen molar-refractivity contribution in [2.75, 3.05) is 11.9 Å². The highest BCUT2D eigenvalue weighted by Crippen LogP contribution is 2.17. The van der Waals surface area contributed by atoms with Crippen LogP contribution < -0.4 is 5.32 Å². The van der Waals surface area contributed by atoms with Crippen molar-refractivity contribution in [2.24, 2.45) is 0 Å². The van der Waals surface area contributed by atoms with Crippen molar-refractivity contribution in [3.63, 3.8) is 0 Å². The maximum atomic E-state index is 10.6. The van der Waals surface area contributed by atoms with Gasteiger partial charge in [-0.3, -0.25) is 10.1 Å². The monoisotopic (exact) mass is 310 g/mol. The minimum absolute atomic E-state index is 0.100. The number of nitrogens with zero attached hydrogens (tertiary/aromatic N) is 3. The number of para-hydroxylation sites is 2. The standard InChI is InChI=1S/C17H18N4O2/c1-2-20-16-6-4-3-5-15(16)19-17(20)11-12-18-13-7-9-14(10-8-13)21(22)23/h3-10,18H,2,11-12H2,1H3. The highest BCUT2D eigenvalue weighted by Gasteiger charge is 2.09. The zero-order valence-corrected chi connectivity index (χ0v) is 12.9. The molecule has 6 heteroatoms. The van der Waals surface area contributed by atoms with Crippen LogP contribution in [-0.4, -0.2) is 21.0 Å². The second kappa shape index (κ2) is 6.48. The van der Waals surface area contributed by atoms with Gasteiger partial charge in [0, 0.05) is 37.3 Å². The summed E-state index contributed by atoms with van der Waals surface area (Å²) < 4.78 is 2.22. The average Bonchev–Trinajstić information content (AvgIpc) is 2.92. The first-order valence-corrected chi connectivity index (χ1v) is 7.61. The van der Waals surface area contributed by atoms with Crippen molar-refractivity contribution in [3.05, 3.63) is 64.5 Å². The molecule has 0 radical (unpaired) electrons. The third kappa shape index (κ3) is 3.15. The Bertz CT molecular complexity index is 824. The molecule has 0 saturated carbocycles. The van der Waals surface area contributed by atoms with Crippen LogP contribution in [0.4, 0.5) is 11.4 Å². The summed E-state index contributed by atoms with van der Waals surface area (Å²) in [6.07, 6.45) is 0.791. The first kappa shape index (κ1) is 15.0. The number of aryl methyl sites for hydroxylation is 1. The number of nitrogens with one attached hydrogen (secondary N) is 1. The lowest BCUT2D eigenvalue weighted by Gasteiger charge is -2.08. The summed E-state index contributed by atoms with van der Waals surface area (Å²) in [5.41, 5.74) is 3.14. The van der Waals surface area contributed by atoms with Crippen LogP contribution in [0.5, 0.6) is 0 Å². The molecule has 1 heterocycles. The van der Waals surface area contributed by atoms with E-state index in [4.69, 9.17) is 0 Å². The van der Waals surface area contributed by atoms with E-state index in [-0.39, 0.29) is 5.69 Å². The molecule has 1 N–H and O–H groups in total. The lowest BCUT2D eigenvalue weighted by atomic mass is 10.2. The number of non-ortho nitro benzene ring substituents is 1. The number of imidazole rings is 1. The lowest BCUT2D eigenvalue weighted by molar-refractivity contribution is -0.384. The summed E-state index contributed by atoms with van der Waals surface area (Å²) in [4.78, 5) is 14.9. The predicted octanol–water partition coefficient (Wildman–Crippen LogP) is 3.62. The average molecular weight is 310 g/mol. The Kier molecular flexibility index (Phi) is 4.23. The van der Waals surface area contributed by atoms with Gasteiger partial charge in [0.1, 0.15) is 5.82 Å². The number of aromatic nitrogens is 2. The van der Waals surface area contributed by atoms with E-state index in [1.807, 2.05) is 18.2 Å². The highest BCUT2D eigenvalue weighted by molar-refractivity contribution is 5.75. The summed E-state index contributed by atoms with van der Waals surface area (Å²) in [7, 11) is 0. The van der Waals surface area contributed by atoms with Gasteiger partial charge in [-0.2, -0.15) is 0 Å².